The first-order valence-electron chi connectivity index (χ1n) is 6.69. The van der Waals surface area contributed by atoms with Gasteiger partial charge in [-0.05, 0) is 61.7 Å². The van der Waals surface area contributed by atoms with Crippen molar-refractivity contribution in [1.29, 1.82) is 0 Å². The average Bonchev–Trinajstić information content (AvgIpc) is 2.15. The van der Waals surface area contributed by atoms with E-state index in [-0.39, 0.29) is 0 Å². The van der Waals surface area contributed by atoms with Gasteiger partial charge in [-0.3, -0.25) is 0 Å². The first-order chi connectivity index (χ1) is 7.13. The lowest BCUT2D eigenvalue weighted by Crippen LogP contribution is -2.56. The minimum Gasteiger partial charge on any atom is -0.378 e. The molecule has 4 fully saturated rings. The number of rotatable bonds is 2. The summed E-state index contributed by atoms with van der Waals surface area (Å²) < 4.78 is 5.88. The largest absolute Gasteiger partial charge is 0.378 e. The predicted molar refractivity (Wildman–Crippen MR) is 61.6 cm³/mol. The molecule has 0 spiro atoms. The first kappa shape index (κ1) is 10.1. The Balaban J connectivity index is 1.88. The lowest BCUT2D eigenvalue weighted by atomic mass is 9.48. The van der Waals surface area contributed by atoms with E-state index in [1.807, 2.05) is 7.11 Å². The summed E-state index contributed by atoms with van der Waals surface area (Å²) in [6.45, 7) is 4.85. The van der Waals surface area contributed by atoms with Crippen LogP contribution in [0.2, 0.25) is 0 Å². The summed E-state index contributed by atoms with van der Waals surface area (Å²) in [6, 6.07) is 0. The lowest BCUT2D eigenvalue weighted by Gasteiger charge is -2.60. The third kappa shape index (κ3) is 1.39. The maximum absolute atomic E-state index is 5.88. The molecule has 4 saturated carbocycles. The Hall–Kier alpha value is -0.0400. The molecule has 86 valence electrons. The summed E-state index contributed by atoms with van der Waals surface area (Å²) >= 11 is 0. The van der Waals surface area contributed by atoms with E-state index < -0.39 is 0 Å². The minimum absolute atomic E-state index is 0.307. The molecule has 4 rings (SSSR count). The monoisotopic (exact) mass is 208 g/mol. The van der Waals surface area contributed by atoms with Crippen molar-refractivity contribution in [3.8, 4) is 0 Å². The Morgan fingerprint density at radius 2 is 1.67 bits per heavy atom. The molecule has 0 radical (unpaired) electrons. The van der Waals surface area contributed by atoms with Gasteiger partial charge in [-0.15, -0.1) is 0 Å². The second kappa shape index (κ2) is 3.23. The Labute approximate surface area is 93.6 Å². The van der Waals surface area contributed by atoms with Crippen LogP contribution in [0.25, 0.3) is 0 Å². The van der Waals surface area contributed by atoms with Gasteiger partial charge < -0.3 is 4.74 Å². The van der Waals surface area contributed by atoms with Crippen LogP contribution in [-0.2, 0) is 4.74 Å². The van der Waals surface area contributed by atoms with Crippen molar-refractivity contribution in [2.24, 2.45) is 29.6 Å². The van der Waals surface area contributed by atoms with Crippen molar-refractivity contribution in [2.75, 3.05) is 7.11 Å². The van der Waals surface area contributed by atoms with E-state index in [2.05, 4.69) is 13.8 Å². The van der Waals surface area contributed by atoms with Crippen LogP contribution in [-0.4, -0.2) is 12.7 Å². The number of ether oxygens (including phenoxy) is 1. The van der Waals surface area contributed by atoms with E-state index in [0.29, 0.717) is 5.60 Å². The average molecular weight is 208 g/mol. The summed E-state index contributed by atoms with van der Waals surface area (Å²) in [5.41, 5.74) is 0.307. The highest BCUT2D eigenvalue weighted by atomic mass is 16.5. The van der Waals surface area contributed by atoms with Gasteiger partial charge in [-0.2, -0.15) is 0 Å². The zero-order valence-electron chi connectivity index (χ0n) is 10.3. The molecule has 0 aliphatic heterocycles. The maximum Gasteiger partial charge on any atom is 0.0687 e. The Morgan fingerprint density at radius 3 is 2.13 bits per heavy atom. The predicted octanol–water partition coefficient (Wildman–Crippen LogP) is 3.48. The summed E-state index contributed by atoms with van der Waals surface area (Å²) in [5, 5.41) is 0. The van der Waals surface area contributed by atoms with Crippen molar-refractivity contribution in [1.82, 2.24) is 0 Å². The van der Waals surface area contributed by atoms with Gasteiger partial charge in [0.1, 0.15) is 0 Å². The summed E-state index contributed by atoms with van der Waals surface area (Å²) in [4.78, 5) is 0. The van der Waals surface area contributed by atoms with Crippen LogP contribution in [0.5, 0.6) is 0 Å². The Morgan fingerprint density at radius 1 is 1.07 bits per heavy atom. The zero-order valence-corrected chi connectivity index (χ0v) is 10.3. The summed E-state index contributed by atoms with van der Waals surface area (Å²) in [7, 11) is 1.94. The molecule has 4 aliphatic rings. The third-order valence-electron chi connectivity index (χ3n) is 5.49. The first-order valence-corrected chi connectivity index (χ1v) is 6.69. The lowest BCUT2D eigenvalue weighted by molar-refractivity contribution is -0.176. The fourth-order valence-corrected chi connectivity index (χ4v) is 5.33. The Kier molecular flexibility index (Phi) is 2.18. The normalized spacial score (nSPS) is 52.8. The van der Waals surface area contributed by atoms with Crippen LogP contribution in [0.3, 0.4) is 0 Å². The third-order valence-corrected chi connectivity index (χ3v) is 5.49. The van der Waals surface area contributed by atoms with Crippen LogP contribution >= 0.6 is 0 Å². The van der Waals surface area contributed by atoms with Gasteiger partial charge in [-0.25, -0.2) is 0 Å². The molecule has 0 aromatic heterocycles. The molecule has 0 amide bonds. The number of hydrogen-bond donors (Lipinski definition) is 0. The van der Waals surface area contributed by atoms with Gasteiger partial charge >= 0.3 is 0 Å². The van der Waals surface area contributed by atoms with Crippen molar-refractivity contribution in [3.63, 3.8) is 0 Å². The minimum atomic E-state index is 0.307. The van der Waals surface area contributed by atoms with Gasteiger partial charge in [0.25, 0.3) is 0 Å². The molecule has 4 bridgehead atoms. The fraction of sp³-hybridized carbons (Fsp3) is 1.00. The molecule has 0 heterocycles. The van der Waals surface area contributed by atoms with Gasteiger partial charge in [0.2, 0.25) is 0 Å². The highest BCUT2D eigenvalue weighted by Gasteiger charge is 2.55. The second-order valence-corrected chi connectivity index (χ2v) is 6.68. The molecule has 0 aromatic carbocycles. The van der Waals surface area contributed by atoms with E-state index in [0.717, 1.165) is 29.6 Å². The van der Waals surface area contributed by atoms with E-state index in [4.69, 9.17) is 4.74 Å². The Bertz CT molecular complexity index is 242. The quantitative estimate of drug-likeness (QED) is 0.675. The van der Waals surface area contributed by atoms with E-state index in [9.17, 15) is 0 Å². The molecule has 2 unspecified atom stereocenters. The molecule has 1 heteroatoms. The van der Waals surface area contributed by atoms with Gasteiger partial charge in [-0.1, -0.05) is 13.8 Å². The smallest absolute Gasteiger partial charge is 0.0687 e. The van der Waals surface area contributed by atoms with Crippen LogP contribution in [0.1, 0.15) is 46.0 Å². The SMILES string of the molecule is COC12CC3CC(C1)C(C(C)C)C(C3)C2. The topological polar surface area (TPSA) is 9.23 Å². The van der Waals surface area contributed by atoms with Crippen molar-refractivity contribution < 1.29 is 4.74 Å². The fourth-order valence-electron chi connectivity index (χ4n) is 5.33. The van der Waals surface area contributed by atoms with Gasteiger partial charge in [0.05, 0.1) is 5.60 Å². The maximum atomic E-state index is 5.88. The molecule has 0 aromatic rings. The van der Waals surface area contributed by atoms with Crippen LogP contribution < -0.4 is 0 Å². The second-order valence-electron chi connectivity index (χ2n) is 6.68. The van der Waals surface area contributed by atoms with E-state index >= 15 is 0 Å². The molecule has 4 aliphatic carbocycles. The van der Waals surface area contributed by atoms with Gasteiger partial charge in [0, 0.05) is 7.11 Å². The van der Waals surface area contributed by atoms with E-state index in [1.165, 1.54) is 32.1 Å². The summed E-state index contributed by atoms with van der Waals surface area (Å²) in [5.74, 6) is 4.85. The number of methoxy groups -OCH3 is 1. The van der Waals surface area contributed by atoms with Crippen LogP contribution in [0.4, 0.5) is 0 Å². The van der Waals surface area contributed by atoms with E-state index in [1.54, 1.807) is 0 Å². The van der Waals surface area contributed by atoms with Crippen LogP contribution in [0.15, 0.2) is 0 Å². The van der Waals surface area contributed by atoms with Crippen LogP contribution in [0, 0.1) is 29.6 Å². The molecule has 1 nitrogen and oxygen atoms in total. The highest BCUT2D eigenvalue weighted by Crippen LogP contribution is 2.60. The molecule has 2 atom stereocenters. The highest BCUT2D eigenvalue weighted by molar-refractivity contribution is 5.06. The van der Waals surface area contributed by atoms with Crippen molar-refractivity contribution in [3.05, 3.63) is 0 Å². The molecular weight excluding hydrogens is 184 g/mol. The number of hydrogen-bond acceptors (Lipinski definition) is 1. The van der Waals surface area contributed by atoms with Gasteiger partial charge in [0.15, 0.2) is 0 Å². The molecular formula is C14H24O. The zero-order chi connectivity index (χ0) is 10.6. The summed E-state index contributed by atoms with van der Waals surface area (Å²) in [6.07, 6.45) is 7.09. The molecule has 0 saturated heterocycles. The molecule has 0 N–H and O–H groups in total. The van der Waals surface area contributed by atoms with Crippen molar-refractivity contribution >= 4 is 0 Å². The van der Waals surface area contributed by atoms with Crippen molar-refractivity contribution in [2.45, 2.75) is 51.6 Å². The molecule has 15 heavy (non-hydrogen) atoms. The standard InChI is InChI=1S/C14H24O/c1-9(2)13-11-4-10-5-12(13)8-14(6-10,7-11)15-3/h9-13H,4-8H2,1-3H3.